The van der Waals surface area contributed by atoms with Gasteiger partial charge in [-0.3, -0.25) is 4.79 Å². The van der Waals surface area contributed by atoms with Gasteiger partial charge < -0.3 is 10.2 Å². The zero-order chi connectivity index (χ0) is 22.3. The number of fused-ring (bicyclic) bond motifs is 2. The van der Waals surface area contributed by atoms with Gasteiger partial charge in [0.15, 0.2) is 5.65 Å². The molecule has 0 spiro atoms. The van der Waals surface area contributed by atoms with Crippen LogP contribution in [0.25, 0.3) is 5.65 Å². The fourth-order valence-electron chi connectivity index (χ4n) is 5.31. The Kier molecular flexibility index (Phi) is 5.39. The van der Waals surface area contributed by atoms with Gasteiger partial charge in [0, 0.05) is 30.8 Å². The molecule has 5 rings (SSSR count). The molecule has 2 aliphatic rings. The number of rotatable bonds is 3. The molecule has 2 aromatic heterocycles. The quantitative estimate of drug-likeness (QED) is 0.612. The molecule has 6 nitrogen and oxygen atoms in total. The predicted octanol–water partition coefficient (Wildman–Crippen LogP) is 5.30. The van der Waals surface area contributed by atoms with Crippen molar-refractivity contribution in [1.29, 1.82) is 0 Å². The largest absolute Gasteiger partial charge is 0.356 e. The van der Waals surface area contributed by atoms with Crippen molar-refractivity contribution in [3.8, 4) is 0 Å². The van der Waals surface area contributed by atoms with Crippen LogP contribution >= 0.6 is 0 Å². The van der Waals surface area contributed by atoms with E-state index in [-0.39, 0.29) is 11.3 Å². The molecule has 1 saturated heterocycles. The van der Waals surface area contributed by atoms with Crippen LogP contribution in [0.2, 0.25) is 0 Å². The first-order valence-electron chi connectivity index (χ1n) is 11.9. The summed E-state index contributed by atoms with van der Waals surface area (Å²) in [5.74, 6) is 3.07. The van der Waals surface area contributed by atoms with Crippen LogP contribution in [-0.2, 0) is 5.41 Å². The van der Waals surface area contributed by atoms with E-state index in [4.69, 9.17) is 0 Å². The second kappa shape index (κ2) is 8.23. The Balaban J connectivity index is 1.39. The molecule has 1 aromatic carbocycles. The molecule has 2 atom stereocenters. The number of benzene rings is 1. The predicted molar refractivity (Wildman–Crippen MR) is 128 cm³/mol. The van der Waals surface area contributed by atoms with Crippen LogP contribution in [0.5, 0.6) is 0 Å². The Morgan fingerprint density at radius 2 is 1.78 bits per heavy atom. The summed E-state index contributed by atoms with van der Waals surface area (Å²) in [6.07, 6.45) is 8.43. The maximum Gasteiger partial charge on any atom is 0.256 e. The fraction of sp³-hybridized carbons (Fsp3) is 0.500. The van der Waals surface area contributed by atoms with E-state index in [0.717, 1.165) is 36.4 Å². The smallest absolute Gasteiger partial charge is 0.256 e. The Hall–Kier alpha value is -2.89. The number of carbonyl (C=O) groups is 1. The van der Waals surface area contributed by atoms with Gasteiger partial charge in [-0.1, -0.05) is 52.2 Å². The van der Waals surface area contributed by atoms with E-state index in [1.54, 1.807) is 6.20 Å². The molecule has 0 bridgehead atoms. The lowest BCUT2D eigenvalue weighted by molar-refractivity contribution is 0.102. The average Bonchev–Trinajstić information content (AvgIpc) is 3.26. The van der Waals surface area contributed by atoms with Crippen LogP contribution < -0.4 is 10.2 Å². The molecule has 2 unspecified atom stereocenters. The van der Waals surface area contributed by atoms with Gasteiger partial charge in [-0.2, -0.15) is 9.61 Å². The van der Waals surface area contributed by atoms with E-state index in [2.05, 4.69) is 41.1 Å². The Bertz CT molecular complexity index is 1110. The van der Waals surface area contributed by atoms with Crippen LogP contribution in [0.3, 0.4) is 0 Å². The normalized spacial score (nSPS) is 21.4. The molecule has 1 aliphatic heterocycles. The first kappa shape index (κ1) is 21.0. The molecule has 3 aromatic rings. The van der Waals surface area contributed by atoms with Crippen LogP contribution in [0.1, 0.15) is 68.8 Å². The average molecular weight is 432 g/mol. The SMILES string of the molecule is CC(C)(C)c1ccc(C(=O)Nc2cc(N3CCC4CCCCC4C3)n3nccc3n2)cc1. The molecule has 1 amide bonds. The molecule has 32 heavy (non-hydrogen) atoms. The number of nitrogens with zero attached hydrogens (tertiary/aromatic N) is 4. The van der Waals surface area contributed by atoms with Crippen LogP contribution in [0.15, 0.2) is 42.6 Å². The summed E-state index contributed by atoms with van der Waals surface area (Å²) in [5, 5.41) is 7.53. The van der Waals surface area contributed by atoms with Crippen molar-refractivity contribution >= 4 is 23.2 Å². The van der Waals surface area contributed by atoms with E-state index in [0.29, 0.717) is 11.4 Å². The summed E-state index contributed by atoms with van der Waals surface area (Å²) in [5.41, 5.74) is 2.66. The molecular formula is C26H33N5O. The van der Waals surface area contributed by atoms with Crippen molar-refractivity contribution in [1.82, 2.24) is 14.6 Å². The van der Waals surface area contributed by atoms with Crippen molar-refractivity contribution in [3.05, 3.63) is 53.7 Å². The molecule has 1 aliphatic carbocycles. The highest BCUT2D eigenvalue weighted by molar-refractivity contribution is 6.04. The highest BCUT2D eigenvalue weighted by Crippen LogP contribution is 2.37. The number of amides is 1. The molecule has 0 radical (unpaired) electrons. The topological polar surface area (TPSA) is 62.5 Å². The third-order valence-electron chi connectivity index (χ3n) is 7.21. The van der Waals surface area contributed by atoms with Crippen LogP contribution in [-0.4, -0.2) is 33.6 Å². The lowest BCUT2D eigenvalue weighted by atomic mass is 9.75. The number of anilines is 2. The van der Waals surface area contributed by atoms with E-state index in [1.807, 2.05) is 40.9 Å². The monoisotopic (exact) mass is 431 g/mol. The zero-order valence-electron chi connectivity index (χ0n) is 19.3. The third-order valence-corrected chi connectivity index (χ3v) is 7.21. The lowest BCUT2D eigenvalue weighted by Gasteiger charge is -2.42. The van der Waals surface area contributed by atoms with E-state index in [9.17, 15) is 4.79 Å². The molecule has 3 heterocycles. The highest BCUT2D eigenvalue weighted by Gasteiger charge is 2.32. The molecule has 168 valence electrons. The van der Waals surface area contributed by atoms with Gasteiger partial charge in [0.1, 0.15) is 11.6 Å². The van der Waals surface area contributed by atoms with Gasteiger partial charge in [-0.15, -0.1) is 0 Å². The summed E-state index contributed by atoms with van der Waals surface area (Å²) in [4.78, 5) is 20.0. The standard InChI is InChI=1S/C26H33N5O/c1-26(2,3)21-10-8-19(9-11-21)25(32)29-22-16-24(31-23(28-22)12-14-27-31)30-15-13-18-6-4-5-7-20(18)17-30/h8-12,14,16,18,20H,4-7,13,15,17H2,1-3H3,(H,28,29,32). The molecule has 6 heteroatoms. The van der Waals surface area contributed by atoms with E-state index < -0.39 is 0 Å². The fourth-order valence-corrected chi connectivity index (χ4v) is 5.31. The molecule has 2 fully saturated rings. The minimum absolute atomic E-state index is 0.0598. The van der Waals surface area contributed by atoms with Crippen LogP contribution in [0, 0.1) is 11.8 Å². The van der Waals surface area contributed by atoms with Crippen molar-refractivity contribution in [2.24, 2.45) is 11.8 Å². The van der Waals surface area contributed by atoms with Gasteiger partial charge in [0.05, 0.1) is 6.20 Å². The van der Waals surface area contributed by atoms with Crippen LogP contribution in [0.4, 0.5) is 11.6 Å². The number of hydrogen-bond acceptors (Lipinski definition) is 4. The second-order valence-electron chi connectivity index (χ2n) is 10.4. The van der Waals surface area contributed by atoms with Gasteiger partial charge in [0.25, 0.3) is 5.91 Å². The van der Waals surface area contributed by atoms with Gasteiger partial charge >= 0.3 is 0 Å². The summed E-state index contributed by atoms with van der Waals surface area (Å²) >= 11 is 0. The maximum absolute atomic E-state index is 12.9. The first-order valence-corrected chi connectivity index (χ1v) is 11.9. The zero-order valence-corrected chi connectivity index (χ0v) is 19.3. The molecule has 1 N–H and O–H groups in total. The van der Waals surface area contributed by atoms with Gasteiger partial charge in [-0.05, 0) is 47.8 Å². The van der Waals surface area contributed by atoms with E-state index in [1.165, 1.54) is 37.7 Å². The number of piperidine rings is 1. The summed E-state index contributed by atoms with van der Waals surface area (Å²) < 4.78 is 1.90. The van der Waals surface area contributed by atoms with Gasteiger partial charge in [-0.25, -0.2) is 4.98 Å². The number of nitrogens with one attached hydrogen (secondary N) is 1. The van der Waals surface area contributed by atoms with Gasteiger partial charge in [0.2, 0.25) is 0 Å². The summed E-state index contributed by atoms with van der Waals surface area (Å²) in [7, 11) is 0. The lowest BCUT2D eigenvalue weighted by Crippen LogP contribution is -2.42. The minimum atomic E-state index is -0.140. The minimum Gasteiger partial charge on any atom is -0.356 e. The van der Waals surface area contributed by atoms with Crippen molar-refractivity contribution in [3.63, 3.8) is 0 Å². The summed E-state index contributed by atoms with van der Waals surface area (Å²) in [6, 6.07) is 11.7. The Labute approximate surface area is 190 Å². The van der Waals surface area contributed by atoms with E-state index >= 15 is 0 Å². The Morgan fingerprint density at radius 3 is 2.53 bits per heavy atom. The molecule has 1 saturated carbocycles. The van der Waals surface area contributed by atoms with Crippen molar-refractivity contribution < 1.29 is 4.79 Å². The van der Waals surface area contributed by atoms with Crippen molar-refractivity contribution in [2.45, 2.75) is 58.3 Å². The first-order chi connectivity index (χ1) is 15.4. The number of carbonyl (C=O) groups excluding carboxylic acids is 1. The maximum atomic E-state index is 12.9. The number of hydrogen-bond donors (Lipinski definition) is 1. The Morgan fingerprint density at radius 1 is 1.03 bits per heavy atom. The summed E-state index contributed by atoms with van der Waals surface area (Å²) in [6.45, 7) is 8.60. The number of aromatic nitrogens is 3. The second-order valence-corrected chi connectivity index (χ2v) is 10.4. The molecular weight excluding hydrogens is 398 g/mol. The highest BCUT2D eigenvalue weighted by atomic mass is 16.1. The van der Waals surface area contributed by atoms with Crippen molar-refractivity contribution in [2.75, 3.05) is 23.3 Å². The third kappa shape index (κ3) is 4.10.